The van der Waals surface area contributed by atoms with E-state index < -0.39 is 9.84 Å². The molecule has 30 heavy (non-hydrogen) atoms. The molecule has 0 atom stereocenters. The number of aromatic nitrogens is 1. The number of piperazine rings is 1. The average molecular weight is 430 g/mol. The van der Waals surface area contributed by atoms with Gasteiger partial charge in [-0.15, -0.1) is 0 Å². The van der Waals surface area contributed by atoms with E-state index in [0.29, 0.717) is 18.7 Å². The first-order valence-electron chi connectivity index (χ1n) is 9.94. The van der Waals surface area contributed by atoms with Crippen LogP contribution in [0.5, 0.6) is 0 Å². The number of oxazole rings is 1. The Morgan fingerprint density at radius 2 is 1.63 bits per heavy atom. The standard InChI is InChI=1S/C22H24FN3O3S/c1-3-25-12-14-26(15-13-25)22-21(30(27,28)19-10-4-16(2)5-11-19)24-20(29-22)17-6-8-18(23)9-7-17/h4-11H,3,12-15H2,1-2H3. The summed E-state index contributed by atoms with van der Waals surface area (Å²) in [7, 11) is -3.88. The molecule has 3 aromatic rings. The third kappa shape index (κ3) is 3.97. The van der Waals surface area contributed by atoms with Crippen LogP contribution in [-0.2, 0) is 9.84 Å². The summed E-state index contributed by atoms with van der Waals surface area (Å²) in [6.45, 7) is 7.85. The van der Waals surface area contributed by atoms with Gasteiger partial charge in [0.15, 0.2) is 0 Å². The fourth-order valence-electron chi connectivity index (χ4n) is 3.49. The van der Waals surface area contributed by atoms with Crippen LogP contribution in [0.1, 0.15) is 12.5 Å². The van der Waals surface area contributed by atoms with Gasteiger partial charge in [0.25, 0.3) is 0 Å². The highest BCUT2D eigenvalue weighted by atomic mass is 32.2. The molecule has 0 amide bonds. The van der Waals surface area contributed by atoms with Crippen molar-refractivity contribution in [3.05, 3.63) is 59.9 Å². The fraction of sp³-hybridized carbons (Fsp3) is 0.318. The molecule has 4 rings (SSSR count). The number of rotatable bonds is 5. The molecule has 1 aromatic heterocycles. The van der Waals surface area contributed by atoms with E-state index in [2.05, 4.69) is 16.8 Å². The van der Waals surface area contributed by atoms with Crippen molar-refractivity contribution in [2.45, 2.75) is 23.8 Å². The quantitative estimate of drug-likeness (QED) is 0.615. The minimum absolute atomic E-state index is 0.101. The van der Waals surface area contributed by atoms with E-state index >= 15 is 0 Å². The molecule has 1 saturated heterocycles. The van der Waals surface area contributed by atoms with Crippen LogP contribution in [0.2, 0.25) is 0 Å². The largest absolute Gasteiger partial charge is 0.419 e. The maximum atomic E-state index is 13.4. The van der Waals surface area contributed by atoms with Gasteiger partial charge in [0.1, 0.15) is 5.82 Å². The number of sulfone groups is 1. The highest BCUT2D eigenvalue weighted by molar-refractivity contribution is 7.91. The monoisotopic (exact) mass is 429 g/mol. The predicted molar refractivity (Wildman–Crippen MR) is 113 cm³/mol. The van der Waals surface area contributed by atoms with Gasteiger partial charge in [-0.1, -0.05) is 24.6 Å². The highest BCUT2D eigenvalue weighted by Crippen LogP contribution is 2.35. The Morgan fingerprint density at radius 3 is 2.23 bits per heavy atom. The van der Waals surface area contributed by atoms with Gasteiger partial charge in [0, 0.05) is 31.7 Å². The number of benzene rings is 2. The van der Waals surface area contributed by atoms with Gasteiger partial charge in [-0.25, -0.2) is 12.8 Å². The first-order chi connectivity index (χ1) is 14.4. The second-order valence-corrected chi connectivity index (χ2v) is 9.24. The third-order valence-corrected chi connectivity index (χ3v) is 7.03. The van der Waals surface area contributed by atoms with Gasteiger partial charge < -0.3 is 14.2 Å². The minimum atomic E-state index is -3.88. The van der Waals surface area contributed by atoms with Crippen molar-refractivity contribution in [1.82, 2.24) is 9.88 Å². The molecule has 1 fully saturated rings. The van der Waals surface area contributed by atoms with Crippen LogP contribution in [0.4, 0.5) is 10.3 Å². The number of nitrogens with zero attached hydrogens (tertiary/aromatic N) is 3. The fourth-order valence-corrected chi connectivity index (χ4v) is 4.81. The topological polar surface area (TPSA) is 66.7 Å². The van der Waals surface area contributed by atoms with Crippen LogP contribution < -0.4 is 4.90 Å². The molecule has 0 unspecified atom stereocenters. The smallest absolute Gasteiger partial charge is 0.236 e. The molecule has 158 valence electrons. The molecule has 0 N–H and O–H groups in total. The lowest BCUT2D eigenvalue weighted by Crippen LogP contribution is -2.46. The van der Waals surface area contributed by atoms with Gasteiger partial charge in [-0.3, -0.25) is 0 Å². The predicted octanol–water partition coefficient (Wildman–Crippen LogP) is 3.76. The van der Waals surface area contributed by atoms with E-state index in [1.54, 1.807) is 24.3 Å². The Kier molecular flexibility index (Phi) is 5.62. The third-order valence-electron chi connectivity index (χ3n) is 5.36. The molecule has 0 radical (unpaired) electrons. The average Bonchev–Trinajstić information content (AvgIpc) is 3.21. The molecule has 1 aliphatic heterocycles. The zero-order valence-corrected chi connectivity index (χ0v) is 17.8. The summed E-state index contributed by atoms with van der Waals surface area (Å²) in [5, 5.41) is -0.101. The summed E-state index contributed by atoms with van der Waals surface area (Å²) < 4.78 is 46.1. The molecule has 0 bridgehead atoms. The minimum Gasteiger partial charge on any atom is -0.419 e. The Bertz CT molecular complexity index is 1120. The maximum Gasteiger partial charge on any atom is 0.236 e. The van der Waals surface area contributed by atoms with Crippen molar-refractivity contribution in [2.75, 3.05) is 37.6 Å². The van der Waals surface area contributed by atoms with E-state index in [1.807, 2.05) is 11.8 Å². The first kappa shape index (κ1) is 20.6. The van der Waals surface area contributed by atoms with Crippen LogP contribution in [0.3, 0.4) is 0 Å². The Morgan fingerprint density at radius 1 is 1.00 bits per heavy atom. The molecule has 0 saturated carbocycles. The van der Waals surface area contributed by atoms with Crippen LogP contribution in [-0.4, -0.2) is 51.0 Å². The van der Waals surface area contributed by atoms with Crippen LogP contribution in [0, 0.1) is 12.7 Å². The van der Waals surface area contributed by atoms with Crippen molar-refractivity contribution in [3.8, 4) is 11.5 Å². The van der Waals surface area contributed by atoms with Crippen LogP contribution in [0.25, 0.3) is 11.5 Å². The molecule has 6 nitrogen and oxygen atoms in total. The highest BCUT2D eigenvalue weighted by Gasteiger charge is 2.32. The van der Waals surface area contributed by atoms with Crippen molar-refractivity contribution >= 4 is 15.7 Å². The summed E-state index contributed by atoms with van der Waals surface area (Å²) in [4.78, 5) is 8.75. The van der Waals surface area contributed by atoms with Crippen molar-refractivity contribution in [3.63, 3.8) is 0 Å². The van der Waals surface area contributed by atoms with Gasteiger partial charge in [-0.2, -0.15) is 4.98 Å². The summed E-state index contributed by atoms with van der Waals surface area (Å²) in [5.74, 6) is 0.0213. The number of halogens is 1. The Hall–Kier alpha value is -2.71. The van der Waals surface area contributed by atoms with Gasteiger partial charge in [0.2, 0.25) is 26.6 Å². The van der Waals surface area contributed by atoms with E-state index in [-0.39, 0.29) is 27.5 Å². The van der Waals surface area contributed by atoms with Gasteiger partial charge >= 0.3 is 0 Å². The van der Waals surface area contributed by atoms with E-state index in [1.165, 1.54) is 24.3 Å². The van der Waals surface area contributed by atoms with Gasteiger partial charge in [0.05, 0.1) is 4.90 Å². The Labute approximate surface area is 175 Å². The summed E-state index contributed by atoms with van der Waals surface area (Å²) in [6.07, 6.45) is 0. The normalized spacial score (nSPS) is 15.5. The van der Waals surface area contributed by atoms with Gasteiger partial charge in [-0.05, 0) is 49.9 Å². The molecular weight excluding hydrogens is 405 g/mol. The second kappa shape index (κ2) is 8.20. The van der Waals surface area contributed by atoms with E-state index in [9.17, 15) is 12.8 Å². The number of hydrogen-bond donors (Lipinski definition) is 0. The van der Waals surface area contributed by atoms with Crippen molar-refractivity contribution in [2.24, 2.45) is 0 Å². The van der Waals surface area contributed by atoms with Crippen molar-refractivity contribution in [1.29, 1.82) is 0 Å². The van der Waals surface area contributed by atoms with E-state index in [0.717, 1.165) is 25.2 Å². The van der Waals surface area contributed by atoms with Crippen LogP contribution >= 0.6 is 0 Å². The summed E-state index contributed by atoms with van der Waals surface area (Å²) >= 11 is 0. The number of hydrogen-bond acceptors (Lipinski definition) is 6. The number of anilines is 1. The zero-order chi connectivity index (χ0) is 21.3. The summed E-state index contributed by atoms with van der Waals surface area (Å²) in [5.41, 5.74) is 1.49. The molecule has 2 heterocycles. The maximum absolute atomic E-state index is 13.4. The SMILES string of the molecule is CCN1CCN(c2oc(-c3ccc(F)cc3)nc2S(=O)(=O)c2ccc(C)cc2)CC1. The van der Waals surface area contributed by atoms with E-state index in [4.69, 9.17) is 4.42 Å². The summed E-state index contributed by atoms with van der Waals surface area (Å²) in [6, 6.07) is 12.3. The Balaban J connectivity index is 1.79. The zero-order valence-electron chi connectivity index (χ0n) is 17.0. The van der Waals surface area contributed by atoms with Crippen molar-refractivity contribution < 1.29 is 17.2 Å². The molecule has 2 aromatic carbocycles. The molecule has 0 spiro atoms. The lowest BCUT2D eigenvalue weighted by molar-refractivity contribution is 0.266. The second-order valence-electron chi connectivity index (χ2n) is 7.37. The molecule has 0 aliphatic carbocycles. The molecular formula is C22H24FN3O3S. The number of aryl methyl sites for hydroxylation is 1. The molecule has 1 aliphatic rings. The number of likely N-dealkylation sites (N-methyl/N-ethyl adjacent to an activating group) is 1. The molecule has 8 heteroatoms. The lowest BCUT2D eigenvalue weighted by atomic mass is 10.2. The lowest BCUT2D eigenvalue weighted by Gasteiger charge is -2.33. The van der Waals surface area contributed by atoms with Crippen LogP contribution in [0.15, 0.2) is 62.9 Å². The first-order valence-corrected chi connectivity index (χ1v) is 11.4.